The summed E-state index contributed by atoms with van der Waals surface area (Å²) >= 11 is 1.35. The number of hydrogen-bond donors (Lipinski definition) is 1. The van der Waals surface area contributed by atoms with Crippen LogP contribution >= 0.6 is 11.3 Å². The van der Waals surface area contributed by atoms with Gasteiger partial charge in [0.25, 0.3) is 5.91 Å². The third kappa shape index (κ3) is 3.30. The Hall–Kier alpha value is -2.67. The van der Waals surface area contributed by atoms with Crippen molar-refractivity contribution >= 4 is 22.4 Å². The molecule has 0 fully saturated rings. The van der Waals surface area contributed by atoms with Gasteiger partial charge in [0, 0.05) is 25.7 Å². The van der Waals surface area contributed by atoms with Gasteiger partial charge in [-0.15, -0.1) is 0 Å². The lowest BCUT2D eigenvalue weighted by Gasteiger charge is -2.14. The van der Waals surface area contributed by atoms with E-state index in [4.69, 9.17) is 4.52 Å². The molecule has 0 unspecified atom stereocenters. The smallest absolute Gasteiger partial charge is 0.266 e. The van der Waals surface area contributed by atoms with Crippen LogP contribution in [-0.2, 0) is 6.54 Å². The number of aryl methyl sites for hydroxylation is 1. The Bertz CT molecular complexity index is 841. The molecule has 7 heteroatoms. The minimum absolute atomic E-state index is 0.0795. The van der Waals surface area contributed by atoms with Crippen molar-refractivity contribution in [1.82, 2.24) is 15.0 Å². The number of benzene rings is 1. The van der Waals surface area contributed by atoms with Gasteiger partial charge in [0.05, 0.1) is 12.2 Å². The molecule has 24 heavy (non-hydrogen) atoms. The summed E-state index contributed by atoms with van der Waals surface area (Å²) in [6.45, 7) is 2.19. The maximum atomic E-state index is 12.6. The minimum atomic E-state index is -0.0795. The molecule has 0 bridgehead atoms. The lowest BCUT2D eigenvalue weighted by molar-refractivity contribution is 0.0776. The number of rotatable bonds is 5. The number of thiazole rings is 1. The third-order valence-electron chi connectivity index (χ3n) is 3.57. The topological polar surface area (TPSA) is 71.3 Å². The van der Waals surface area contributed by atoms with Crippen molar-refractivity contribution in [1.29, 1.82) is 0 Å². The maximum absolute atomic E-state index is 12.6. The molecule has 2 heterocycles. The van der Waals surface area contributed by atoms with Crippen LogP contribution in [0.2, 0.25) is 0 Å². The molecule has 1 amide bonds. The van der Waals surface area contributed by atoms with Crippen molar-refractivity contribution in [3.05, 3.63) is 52.7 Å². The predicted octanol–water partition coefficient (Wildman–Crippen LogP) is 3.42. The molecular weight excluding hydrogens is 324 g/mol. The number of aromatic nitrogens is 2. The molecule has 1 N–H and O–H groups in total. The van der Waals surface area contributed by atoms with Gasteiger partial charge in [-0.2, -0.15) is 0 Å². The van der Waals surface area contributed by atoms with Crippen LogP contribution in [0.15, 0.2) is 40.9 Å². The van der Waals surface area contributed by atoms with Crippen LogP contribution in [0, 0.1) is 6.92 Å². The van der Waals surface area contributed by atoms with Crippen molar-refractivity contribution in [3.8, 4) is 11.3 Å². The molecule has 3 aromatic rings. The molecule has 0 aliphatic heterocycles. The Morgan fingerprint density at radius 3 is 2.75 bits per heavy atom. The standard InChI is InChI=1S/C17H18N4O2S/c1-11-15(24-17(18-2)19-11)16(22)21(3)10-13-9-14(20-23-13)12-7-5-4-6-8-12/h4-9H,10H2,1-3H3,(H,18,19). The first-order chi connectivity index (χ1) is 11.6. The van der Waals surface area contributed by atoms with E-state index in [-0.39, 0.29) is 5.91 Å². The Morgan fingerprint density at radius 1 is 1.33 bits per heavy atom. The van der Waals surface area contributed by atoms with Crippen LogP contribution in [0.3, 0.4) is 0 Å². The van der Waals surface area contributed by atoms with E-state index in [2.05, 4.69) is 15.5 Å². The van der Waals surface area contributed by atoms with Crippen molar-refractivity contribution in [3.63, 3.8) is 0 Å². The quantitative estimate of drug-likeness (QED) is 0.769. The van der Waals surface area contributed by atoms with Crippen molar-refractivity contribution < 1.29 is 9.32 Å². The van der Waals surface area contributed by atoms with Crippen molar-refractivity contribution in [2.45, 2.75) is 13.5 Å². The van der Waals surface area contributed by atoms with Crippen LogP contribution in [-0.4, -0.2) is 35.0 Å². The van der Waals surface area contributed by atoms with Crippen LogP contribution < -0.4 is 5.32 Å². The van der Waals surface area contributed by atoms with E-state index >= 15 is 0 Å². The van der Waals surface area contributed by atoms with Gasteiger partial charge in [0.1, 0.15) is 10.6 Å². The van der Waals surface area contributed by atoms with Gasteiger partial charge in [0.15, 0.2) is 10.9 Å². The van der Waals surface area contributed by atoms with Crippen molar-refractivity contribution in [2.24, 2.45) is 0 Å². The van der Waals surface area contributed by atoms with E-state index in [0.717, 1.165) is 22.1 Å². The van der Waals surface area contributed by atoms with Gasteiger partial charge in [-0.05, 0) is 6.92 Å². The number of nitrogens with one attached hydrogen (secondary N) is 1. The second kappa shape index (κ2) is 6.84. The SMILES string of the molecule is CNc1nc(C)c(C(=O)N(C)Cc2cc(-c3ccccc3)no2)s1. The first kappa shape index (κ1) is 16.2. The van der Waals surface area contributed by atoms with E-state index in [9.17, 15) is 4.79 Å². The lowest BCUT2D eigenvalue weighted by Crippen LogP contribution is -2.25. The molecule has 0 spiro atoms. The normalized spacial score (nSPS) is 10.6. The Labute approximate surface area is 144 Å². The monoisotopic (exact) mass is 342 g/mol. The van der Waals surface area contributed by atoms with Crippen LogP contribution in [0.4, 0.5) is 5.13 Å². The highest BCUT2D eigenvalue weighted by Crippen LogP contribution is 2.24. The van der Waals surface area contributed by atoms with E-state index < -0.39 is 0 Å². The summed E-state index contributed by atoms with van der Waals surface area (Å²) in [4.78, 5) is 19.1. The Balaban J connectivity index is 1.73. The molecule has 2 aromatic heterocycles. The summed E-state index contributed by atoms with van der Waals surface area (Å²) < 4.78 is 5.36. The second-order valence-electron chi connectivity index (χ2n) is 5.39. The molecule has 0 saturated heterocycles. The highest BCUT2D eigenvalue weighted by atomic mass is 32.1. The molecule has 1 aromatic carbocycles. The number of nitrogens with zero attached hydrogens (tertiary/aromatic N) is 3. The summed E-state index contributed by atoms with van der Waals surface area (Å²) in [5, 5.41) is 7.77. The summed E-state index contributed by atoms with van der Waals surface area (Å²) in [6.07, 6.45) is 0. The number of anilines is 1. The molecule has 6 nitrogen and oxygen atoms in total. The van der Waals surface area contributed by atoms with Gasteiger partial charge in [-0.1, -0.05) is 46.8 Å². The molecule has 0 aliphatic carbocycles. The number of carbonyl (C=O) groups excluding carboxylic acids is 1. The zero-order valence-corrected chi connectivity index (χ0v) is 14.6. The van der Waals surface area contributed by atoms with Gasteiger partial charge >= 0.3 is 0 Å². The summed E-state index contributed by atoms with van der Waals surface area (Å²) in [5.41, 5.74) is 2.47. The Kier molecular flexibility index (Phi) is 4.61. The fourth-order valence-corrected chi connectivity index (χ4v) is 3.23. The number of carbonyl (C=O) groups is 1. The first-order valence-electron chi connectivity index (χ1n) is 7.50. The highest BCUT2D eigenvalue weighted by molar-refractivity contribution is 7.17. The summed E-state index contributed by atoms with van der Waals surface area (Å²) in [5.74, 6) is 0.560. The molecule has 0 aliphatic rings. The average molecular weight is 342 g/mol. The third-order valence-corrected chi connectivity index (χ3v) is 4.74. The van der Waals surface area contributed by atoms with Gasteiger partial charge in [0.2, 0.25) is 0 Å². The van der Waals surface area contributed by atoms with Crippen LogP contribution in [0.5, 0.6) is 0 Å². The lowest BCUT2D eigenvalue weighted by atomic mass is 10.1. The van der Waals surface area contributed by atoms with Gasteiger partial charge < -0.3 is 14.7 Å². The Morgan fingerprint density at radius 2 is 2.08 bits per heavy atom. The summed E-state index contributed by atoms with van der Waals surface area (Å²) in [7, 11) is 3.53. The van der Waals surface area contributed by atoms with E-state index in [1.165, 1.54) is 11.3 Å². The molecule has 3 rings (SSSR count). The summed E-state index contributed by atoms with van der Waals surface area (Å²) in [6, 6.07) is 11.6. The molecule has 124 valence electrons. The predicted molar refractivity (Wildman–Crippen MR) is 94.1 cm³/mol. The van der Waals surface area contributed by atoms with Gasteiger partial charge in [-0.3, -0.25) is 4.79 Å². The molecule has 0 atom stereocenters. The maximum Gasteiger partial charge on any atom is 0.266 e. The molecular formula is C17H18N4O2S. The number of amides is 1. The number of hydrogen-bond acceptors (Lipinski definition) is 6. The van der Waals surface area contributed by atoms with Gasteiger partial charge in [-0.25, -0.2) is 4.98 Å². The minimum Gasteiger partial charge on any atom is -0.365 e. The second-order valence-corrected chi connectivity index (χ2v) is 6.39. The fraction of sp³-hybridized carbons (Fsp3) is 0.235. The molecule has 0 radical (unpaired) electrons. The zero-order valence-electron chi connectivity index (χ0n) is 13.7. The van der Waals surface area contributed by atoms with Crippen molar-refractivity contribution in [2.75, 3.05) is 19.4 Å². The van der Waals surface area contributed by atoms with Crippen LogP contribution in [0.1, 0.15) is 21.1 Å². The molecule has 0 saturated carbocycles. The zero-order chi connectivity index (χ0) is 17.1. The van der Waals surface area contributed by atoms with E-state index in [0.29, 0.717) is 17.2 Å². The fourth-order valence-electron chi connectivity index (χ4n) is 2.31. The van der Waals surface area contributed by atoms with E-state index in [1.807, 2.05) is 43.3 Å². The average Bonchev–Trinajstić information content (AvgIpc) is 3.21. The van der Waals surface area contributed by atoms with Crippen LogP contribution in [0.25, 0.3) is 11.3 Å². The van der Waals surface area contributed by atoms with E-state index in [1.54, 1.807) is 19.0 Å². The first-order valence-corrected chi connectivity index (χ1v) is 8.32. The highest BCUT2D eigenvalue weighted by Gasteiger charge is 2.20. The largest absolute Gasteiger partial charge is 0.365 e.